The average molecular weight is 278 g/mol. The molecule has 0 aromatic carbocycles. The highest BCUT2D eigenvalue weighted by atomic mass is 19.4. The summed E-state index contributed by atoms with van der Waals surface area (Å²) in [5.74, 6) is 0.546. The standard InChI is InChI=1S/C14H25F3N2/c1-12(2,3)11-7-18-13(4,10-5-6-10)8-19(11)9-14(15,16)17/h10-11,18H,5-9H2,1-4H3. The number of alkyl halides is 3. The lowest BCUT2D eigenvalue weighted by atomic mass is 9.80. The first-order valence-corrected chi connectivity index (χ1v) is 7.07. The molecule has 0 spiro atoms. The predicted octanol–water partition coefficient (Wildman–Crippen LogP) is 3.04. The van der Waals surface area contributed by atoms with Crippen molar-refractivity contribution in [3.8, 4) is 0 Å². The first-order chi connectivity index (χ1) is 8.51. The summed E-state index contributed by atoms with van der Waals surface area (Å²) in [6.45, 7) is 8.48. The molecule has 19 heavy (non-hydrogen) atoms. The van der Waals surface area contributed by atoms with Crippen LogP contribution in [0.25, 0.3) is 0 Å². The summed E-state index contributed by atoms with van der Waals surface area (Å²) in [5, 5.41) is 3.52. The quantitative estimate of drug-likeness (QED) is 0.835. The van der Waals surface area contributed by atoms with Crippen molar-refractivity contribution < 1.29 is 13.2 Å². The van der Waals surface area contributed by atoms with Crippen molar-refractivity contribution in [1.29, 1.82) is 0 Å². The molecular formula is C14H25F3N2. The van der Waals surface area contributed by atoms with E-state index in [1.807, 2.05) is 20.8 Å². The smallest absolute Gasteiger partial charge is 0.308 e. The van der Waals surface area contributed by atoms with Gasteiger partial charge in [-0.1, -0.05) is 20.8 Å². The van der Waals surface area contributed by atoms with Crippen LogP contribution in [-0.4, -0.2) is 42.3 Å². The molecule has 1 N–H and O–H groups in total. The van der Waals surface area contributed by atoms with Crippen LogP contribution in [0.1, 0.15) is 40.5 Å². The molecule has 2 unspecified atom stereocenters. The lowest BCUT2D eigenvalue weighted by Crippen LogP contribution is -2.67. The van der Waals surface area contributed by atoms with E-state index in [1.165, 1.54) is 0 Å². The van der Waals surface area contributed by atoms with E-state index in [0.29, 0.717) is 19.0 Å². The number of nitrogens with one attached hydrogen (secondary N) is 1. The van der Waals surface area contributed by atoms with Gasteiger partial charge in [0.25, 0.3) is 0 Å². The second-order valence-electron chi connectivity index (χ2n) is 7.47. The van der Waals surface area contributed by atoms with Crippen LogP contribution in [0, 0.1) is 11.3 Å². The third-order valence-electron chi connectivity index (χ3n) is 4.53. The summed E-state index contributed by atoms with van der Waals surface area (Å²) in [6.07, 6.45) is -1.83. The molecule has 0 aromatic rings. The van der Waals surface area contributed by atoms with Gasteiger partial charge in [0.2, 0.25) is 0 Å². The first-order valence-electron chi connectivity index (χ1n) is 7.07. The van der Waals surface area contributed by atoms with Crippen molar-refractivity contribution >= 4 is 0 Å². The van der Waals surface area contributed by atoms with Gasteiger partial charge >= 0.3 is 6.18 Å². The van der Waals surface area contributed by atoms with Gasteiger partial charge in [0.05, 0.1) is 6.54 Å². The van der Waals surface area contributed by atoms with Gasteiger partial charge in [0.15, 0.2) is 0 Å². The molecule has 2 nitrogen and oxygen atoms in total. The third-order valence-corrected chi connectivity index (χ3v) is 4.53. The SMILES string of the molecule is CC(C)(C)C1CNC(C)(C2CC2)CN1CC(F)(F)F. The zero-order valence-corrected chi connectivity index (χ0v) is 12.3. The zero-order valence-electron chi connectivity index (χ0n) is 12.3. The Kier molecular flexibility index (Phi) is 3.67. The largest absolute Gasteiger partial charge is 0.401 e. The van der Waals surface area contributed by atoms with Crippen molar-refractivity contribution in [3.63, 3.8) is 0 Å². The molecule has 1 aliphatic carbocycles. The minimum atomic E-state index is -4.12. The van der Waals surface area contributed by atoms with E-state index >= 15 is 0 Å². The van der Waals surface area contributed by atoms with Crippen LogP contribution in [0.5, 0.6) is 0 Å². The maximum Gasteiger partial charge on any atom is 0.401 e. The fourth-order valence-corrected chi connectivity index (χ4v) is 3.29. The lowest BCUT2D eigenvalue weighted by Gasteiger charge is -2.51. The molecule has 0 aromatic heterocycles. The Morgan fingerprint density at radius 3 is 2.21 bits per heavy atom. The Bertz CT molecular complexity index is 331. The maximum absolute atomic E-state index is 12.8. The van der Waals surface area contributed by atoms with Crippen LogP contribution < -0.4 is 5.32 Å². The second kappa shape index (κ2) is 4.62. The van der Waals surface area contributed by atoms with Gasteiger partial charge in [0, 0.05) is 24.7 Å². The Labute approximate surface area is 113 Å². The normalized spacial score (nSPS) is 34.6. The Morgan fingerprint density at radius 2 is 1.79 bits per heavy atom. The molecule has 5 heteroatoms. The number of nitrogens with zero attached hydrogens (tertiary/aromatic N) is 1. The predicted molar refractivity (Wildman–Crippen MR) is 70.0 cm³/mol. The Balaban J connectivity index is 2.13. The fourth-order valence-electron chi connectivity index (χ4n) is 3.29. The Hall–Kier alpha value is -0.290. The van der Waals surface area contributed by atoms with Gasteiger partial charge in [0.1, 0.15) is 0 Å². The van der Waals surface area contributed by atoms with Crippen LogP contribution in [0.15, 0.2) is 0 Å². The van der Waals surface area contributed by atoms with Crippen molar-refractivity contribution in [3.05, 3.63) is 0 Å². The summed E-state index contributed by atoms with van der Waals surface area (Å²) in [6, 6.07) is -0.0686. The van der Waals surface area contributed by atoms with Crippen LogP contribution in [0.4, 0.5) is 13.2 Å². The molecule has 0 amide bonds. The van der Waals surface area contributed by atoms with Gasteiger partial charge in [-0.15, -0.1) is 0 Å². The van der Waals surface area contributed by atoms with Crippen LogP contribution in [0.2, 0.25) is 0 Å². The van der Waals surface area contributed by atoms with Crippen LogP contribution in [0.3, 0.4) is 0 Å². The molecule has 1 heterocycles. The maximum atomic E-state index is 12.8. The van der Waals surface area contributed by atoms with Gasteiger partial charge in [-0.25, -0.2) is 0 Å². The van der Waals surface area contributed by atoms with E-state index in [4.69, 9.17) is 0 Å². The number of piperazine rings is 1. The molecule has 1 saturated heterocycles. The molecule has 112 valence electrons. The molecule has 2 rings (SSSR count). The number of hydrogen-bond donors (Lipinski definition) is 1. The topological polar surface area (TPSA) is 15.3 Å². The summed E-state index contributed by atoms with van der Waals surface area (Å²) >= 11 is 0. The van der Waals surface area contributed by atoms with E-state index in [-0.39, 0.29) is 17.0 Å². The molecule has 0 radical (unpaired) electrons. The van der Waals surface area contributed by atoms with Gasteiger partial charge in [-0.05, 0) is 31.1 Å². The summed E-state index contributed by atoms with van der Waals surface area (Å²) in [4.78, 5) is 1.65. The summed E-state index contributed by atoms with van der Waals surface area (Å²) in [5.41, 5.74) is -0.296. The highest BCUT2D eigenvalue weighted by Gasteiger charge is 2.49. The minimum Gasteiger partial charge on any atom is -0.308 e. The molecular weight excluding hydrogens is 253 g/mol. The van der Waals surface area contributed by atoms with E-state index in [1.54, 1.807) is 4.90 Å². The van der Waals surface area contributed by atoms with E-state index in [9.17, 15) is 13.2 Å². The summed E-state index contributed by atoms with van der Waals surface area (Å²) in [7, 11) is 0. The van der Waals surface area contributed by atoms with E-state index < -0.39 is 12.7 Å². The van der Waals surface area contributed by atoms with E-state index in [0.717, 1.165) is 12.8 Å². The number of halogens is 3. The lowest BCUT2D eigenvalue weighted by molar-refractivity contribution is -0.162. The van der Waals surface area contributed by atoms with Crippen molar-refractivity contribution in [2.24, 2.45) is 11.3 Å². The summed E-state index contributed by atoms with van der Waals surface area (Å²) < 4.78 is 38.4. The average Bonchev–Trinajstić information content (AvgIpc) is 2.94. The van der Waals surface area contributed by atoms with E-state index in [2.05, 4.69) is 12.2 Å². The molecule has 2 aliphatic rings. The van der Waals surface area contributed by atoms with Crippen molar-refractivity contribution in [2.75, 3.05) is 19.6 Å². The minimum absolute atomic E-state index is 0.0686. The Morgan fingerprint density at radius 1 is 1.21 bits per heavy atom. The first kappa shape index (κ1) is 15.1. The molecule has 1 aliphatic heterocycles. The van der Waals surface area contributed by atoms with Crippen LogP contribution >= 0.6 is 0 Å². The number of rotatable bonds is 2. The molecule has 2 atom stereocenters. The van der Waals surface area contributed by atoms with Gasteiger partial charge < -0.3 is 5.32 Å². The second-order valence-corrected chi connectivity index (χ2v) is 7.47. The van der Waals surface area contributed by atoms with Gasteiger partial charge in [-0.3, -0.25) is 4.90 Å². The van der Waals surface area contributed by atoms with Crippen molar-refractivity contribution in [1.82, 2.24) is 10.2 Å². The fraction of sp³-hybridized carbons (Fsp3) is 1.00. The zero-order chi connectivity index (χ0) is 14.5. The molecule has 0 bridgehead atoms. The highest BCUT2D eigenvalue weighted by molar-refractivity contribution is 5.06. The van der Waals surface area contributed by atoms with Gasteiger partial charge in [-0.2, -0.15) is 13.2 Å². The monoisotopic (exact) mass is 278 g/mol. The highest BCUT2D eigenvalue weighted by Crippen LogP contribution is 2.43. The molecule has 1 saturated carbocycles. The van der Waals surface area contributed by atoms with Crippen LogP contribution in [-0.2, 0) is 0 Å². The molecule has 2 fully saturated rings. The number of hydrogen-bond acceptors (Lipinski definition) is 2. The van der Waals surface area contributed by atoms with Crippen molar-refractivity contribution in [2.45, 2.75) is 58.3 Å². The third kappa shape index (κ3) is 3.63.